The molecule has 0 bridgehead atoms. The zero-order valence-corrected chi connectivity index (χ0v) is 14.5. The van der Waals surface area contributed by atoms with Crippen molar-refractivity contribution in [3.63, 3.8) is 0 Å². The van der Waals surface area contributed by atoms with Gasteiger partial charge in [0.05, 0.1) is 17.3 Å². The molecule has 4 rings (SSSR count). The predicted molar refractivity (Wildman–Crippen MR) is 97.8 cm³/mol. The average Bonchev–Trinajstić information content (AvgIpc) is 3.14. The van der Waals surface area contributed by atoms with E-state index in [-0.39, 0.29) is 11.4 Å². The van der Waals surface area contributed by atoms with E-state index in [1.54, 1.807) is 24.3 Å². The van der Waals surface area contributed by atoms with E-state index < -0.39 is 28.9 Å². The van der Waals surface area contributed by atoms with Gasteiger partial charge in [0.1, 0.15) is 11.6 Å². The van der Waals surface area contributed by atoms with Crippen LogP contribution >= 0.6 is 0 Å². The topological polar surface area (TPSA) is 83.6 Å². The van der Waals surface area contributed by atoms with Crippen molar-refractivity contribution in [1.82, 2.24) is 14.8 Å². The number of nitrogens with zero attached hydrogens (tertiary/aromatic N) is 4. The summed E-state index contributed by atoms with van der Waals surface area (Å²) >= 11 is 0. The maximum Gasteiger partial charge on any atom is 0.259 e. The third kappa shape index (κ3) is 3.17. The summed E-state index contributed by atoms with van der Waals surface area (Å²) in [5.41, 5.74) is -0.0776. The van der Waals surface area contributed by atoms with E-state index in [9.17, 15) is 23.2 Å². The molecule has 0 aliphatic heterocycles. The minimum Gasteiger partial charge on any atom is -0.305 e. The number of para-hydroxylation sites is 1. The van der Waals surface area contributed by atoms with Gasteiger partial charge in [-0.3, -0.25) is 4.79 Å². The van der Waals surface area contributed by atoms with Gasteiger partial charge in [-0.05, 0) is 30.3 Å². The van der Waals surface area contributed by atoms with E-state index in [2.05, 4.69) is 15.4 Å². The standard InChI is InChI=1S/C20H10F3N5O/c21-14-7-6-13(17(22)18(14)23)20(29)27-19-12(9-24)10-25-28(19)16-8-5-11-3-1-2-4-15(11)26-16/h1-8,10H,(H,27,29). The van der Waals surface area contributed by atoms with Crippen LogP contribution in [0.5, 0.6) is 0 Å². The van der Waals surface area contributed by atoms with Crippen LogP contribution in [0.15, 0.2) is 54.7 Å². The number of aromatic nitrogens is 3. The number of hydrogen-bond acceptors (Lipinski definition) is 4. The SMILES string of the molecule is N#Cc1cnn(-c2ccc3ccccc3n2)c1NC(=O)c1ccc(F)c(F)c1F. The molecule has 0 saturated carbocycles. The molecule has 9 heteroatoms. The average molecular weight is 393 g/mol. The van der Waals surface area contributed by atoms with Gasteiger partial charge < -0.3 is 5.32 Å². The molecule has 2 aromatic carbocycles. The summed E-state index contributed by atoms with van der Waals surface area (Å²) in [4.78, 5) is 16.9. The first-order chi connectivity index (χ1) is 14.0. The molecule has 0 radical (unpaired) electrons. The van der Waals surface area contributed by atoms with Crippen LogP contribution in [-0.4, -0.2) is 20.7 Å². The van der Waals surface area contributed by atoms with Gasteiger partial charge in [-0.1, -0.05) is 18.2 Å². The van der Waals surface area contributed by atoms with Crippen molar-refractivity contribution < 1.29 is 18.0 Å². The van der Waals surface area contributed by atoms with Gasteiger partial charge in [-0.15, -0.1) is 0 Å². The van der Waals surface area contributed by atoms with E-state index in [1.165, 1.54) is 10.9 Å². The first-order valence-electron chi connectivity index (χ1n) is 8.28. The fourth-order valence-electron chi connectivity index (χ4n) is 2.77. The molecule has 0 spiro atoms. The number of halogens is 3. The number of fused-ring (bicyclic) bond motifs is 1. The van der Waals surface area contributed by atoms with Gasteiger partial charge in [-0.25, -0.2) is 18.2 Å². The molecule has 2 heterocycles. The minimum absolute atomic E-state index is 0.0173. The highest BCUT2D eigenvalue weighted by Crippen LogP contribution is 2.23. The first-order valence-corrected chi connectivity index (χ1v) is 8.28. The number of hydrogen-bond donors (Lipinski definition) is 1. The largest absolute Gasteiger partial charge is 0.305 e. The van der Waals surface area contributed by atoms with Crippen molar-refractivity contribution in [2.75, 3.05) is 5.32 Å². The second-order valence-corrected chi connectivity index (χ2v) is 5.97. The number of carbonyl (C=O) groups excluding carboxylic acids is 1. The number of nitriles is 1. The monoisotopic (exact) mass is 393 g/mol. The Morgan fingerprint density at radius 2 is 1.83 bits per heavy atom. The van der Waals surface area contributed by atoms with E-state index in [0.29, 0.717) is 17.4 Å². The minimum atomic E-state index is -1.76. The summed E-state index contributed by atoms with van der Waals surface area (Å²) in [6, 6.07) is 14.0. The summed E-state index contributed by atoms with van der Waals surface area (Å²) < 4.78 is 41.7. The van der Waals surface area contributed by atoms with Crippen LogP contribution in [0.1, 0.15) is 15.9 Å². The van der Waals surface area contributed by atoms with E-state index in [0.717, 1.165) is 11.5 Å². The summed E-state index contributed by atoms with van der Waals surface area (Å²) in [5, 5.41) is 16.6. The van der Waals surface area contributed by atoms with Crippen molar-refractivity contribution in [3.05, 3.63) is 83.3 Å². The summed E-state index contributed by atoms with van der Waals surface area (Å²) in [6.45, 7) is 0. The molecule has 6 nitrogen and oxygen atoms in total. The normalized spacial score (nSPS) is 10.7. The van der Waals surface area contributed by atoms with Crippen LogP contribution in [0.3, 0.4) is 0 Å². The van der Waals surface area contributed by atoms with Gasteiger partial charge >= 0.3 is 0 Å². The highest BCUT2D eigenvalue weighted by atomic mass is 19.2. The lowest BCUT2D eigenvalue weighted by Crippen LogP contribution is -2.18. The third-order valence-electron chi connectivity index (χ3n) is 4.20. The maximum atomic E-state index is 13.9. The molecule has 0 unspecified atom stereocenters. The van der Waals surface area contributed by atoms with Gasteiger partial charge in [0.25, 0.3) is 5.91 Å². The molecule has 1 N–H and O–H groups in total. The Hall–Kier alpha value is -4.19. The molecule has 29 heavy (non-hydrogen) atoms. The maximum absolute atomic E-state index is 13.9. The number of carbonyl (C=O) groups is 1. The van der Waals surface area contributed by atoms with Crippen LogP contribution < -0.4 is 5.32 Å². The number of anilines is 1. The molecule has 0 fully saturated rings. The van der Waals surface area contributed by atoms with Gasteiger partial charge in [0.15, 0.2) is 29.1 Å². The quantitative estimate of drug-likeness (QED) is 0.534. The van der Waals surface area contributed by atoms with Gasteiger partial charge in [0, 0.05) is 5.39 Å². The fourth-order valence-corrected chi connectivity index (χ4v) is 2.77. The van der Waals surface area contributed by atoms with Gasteiger partial charge in [-0.2, -0.15) is 15.0 Å². The van der Waals surface area contributed by atoms with Crippen LogP contribution in [0.2, 0.25) is 0 Å². The van der Waals surface area contributed by atoms with Crippen molar-refractivity contribution in [1.29, 1.82) is 5.26 Å². The Morgan fingerprint density at radius 1 is 1.03 bits per heavy atom. The van der Waals surface area contributed by atoms with Crippen LogP contribution in [0.4, 0.5) is 19.0 Å². The Kier molecular flexibility index (Phi) is 4.44. The van der Waals surface area contributed by atoms with Crippen molar-refractivity contribution >= 4 is 22.6 Å². The van der Waals surface area contributed by atoms with Crippen LogP contribution in [-0.2, 0) is 0 Å². The van der Waals surface area contributed by atoms with Crippen molar-refractivity contribution in [3.8, 4) is 11.9 Å². The lowest BCUT2D eigenvalue weighted by molar-refractivity contribution is 0.102. The van der Waals surface area contributed by atoms with E-state index in [4.69, 9.17) is 0 Å². The molecule has 0 aliphatic rings. The number of rotatable bonds is 3. The molecular weight excluding hydrogens is 383 g/mol. The molecule has 4 aromatic rings. The fraction of sp³-hybridized carbons (Fsp3) is 0. The Balaban J connectivity index is 1.76. The molecule has 2 aromatic heterocycles. The van der Waals surface area contributed by atoms with E-state index in [1.807, 2.05) is 18.2 Å². The number of pyridine rings is 1. The molecule has 0 saturated heterocycles. The number of benzene rings is 2. The Bertz CT molecular complexity index is 1310. The lowest BCUT2D eigenvalue weighted by Gasteiger charge is -2.10. The first kappa shape index (κ1) is 18.2. The summed E-state index contributed by atoms with van der Waals surface area (Å²) in [7, 11) is 0. The molecule has 142 valence electrons. The van der Waals surface area contributed by atoms with Crippen LogP contribution in [0, 0.1) is 28.8 Å². The van der Waals surface area contributed by atoms with Crippen LogP contribution in [0.25, 0.3) is 16.7 Å². The van der Waals surface area contributed by atoms with Crippen molar-refractivity contribution in [2.24, 2.45) is 0 Å². The predicted octanol–water partition coefficient (Wildman–Crippen LogP) is 3.96. The highest BCUT2D eigenvalue weighted by molar-refractivity contribution is 6.04. The number of amides is 1. The molecule has 0 aliphatic carbocycles. The Labute approximate surface area is 161 Å². The molecule has 1 amide bonds. The summed E-state index contributed by atoms with van der Waals surface area (Å²) in [5.74, 6) is -5.66. The van der Waals surface area contributed by atoms with Crippen molar-refractivity contribution in [2.45, 2.75) is 0 Å². The molecular formula is C20H10F3N5O. The Morgan fingerprint density at radius 3 is 2.62 bits per heavy atom. The third-order valence-corrected chi connectivity index (χ3v) is 4.20. The zero-order valence-electron chi connectivity index (χ0n) is 14.5. The number of nitrogens with one attached hydrogen (secondary N) is 1. The zero-order chi connectivity index (χ0) is 20.5. The van der Waals surface area contributed by atoms with E-state index >= 15 is 0 Å². The second kappa shape index (κ2) is 7.09. The second-order valence-electron chi connectivity index (χ2n) is 5.97. The summed E-state index contributed by atoms with van der Waals surface area (Å²) in [6.07, 6.45) is 1.20. The van der Waals surface area contributed by atoms with Gasteiger partial charge in [0.2, 0.25) is 0 Å². The highest BCUT2D eigenvalue weighted by Gasteiger charge is 2.22. The smallest absolute Gasteiger partial charge is 0.259 e. The lowest BCUT2D eigenvalue weighted by atomic mass is 10.2. The molecule has 0 atom stereocenters.